The molecular weight excluding hydrogens is 398 g/mol. The number of carboxylic acids is 1. The van der Waals surface area contributed by atoms with Gasteiger partial charge < -0.3 is 24.4 Å². The molecule has 1 saturated heterocycles. The van der Waals surface area contributed by atoms with Crippen LogP contribution in [0.5, 0.6) is 5.75 Å². The molecule has 7 heteroatoms. The number of allylic oxidation sites excluding steroid dienone is 2. The number of ether oxygens (including phenoxy) is 3. The van der Waals surface area contributed by atoms with Gasteiger partial charge in [-0.25, -0.2) is 0 Å². The molecular formula is C24H35NO6. The number of carbonyl (C=O) groups is 1. The Bertz CT molecular complexity index is 701. The van der Waals surface area contributed by atoms with E-state index in [2.05, 4.69) is 11.0 Å². The standard InChI is InChI=1S/C24H35NO6/c1-29-19-10-8-18(9-11-19)17-31-22-16-21(26)24(25-12-14-30-15-13-25)20(22)6-4-2-3-5-7-23(27)28/h2-3,8-11,20-22,24,26H,4-7,12-17H2,1H3,(H,27,28)/b3-2-/t20-,21+,22-,24+/m0/s1. The van der Waals surface area contributed by atoms with Crippen molar-refractivity contribution >= 4 is 5.97 Å². The van der Waals surface area contributed by atoms with Crippen LogP contribution in [0.1, 0.15) is 37.7 Å². The molecule has 31 heavy (non-hydrogen) atoms. The Hall–Kier alpha value is -1.93. The number of nitrogens with zero attached hydrogens (tertiary/aromatic N) is 1. The number of hydrogen-bond donors (Lipinski definition) is 2. The summed E-state index contributed by atoms with van der Waals surface area (Å²) in [6.45, 7) is 3.56. The van der Waals surface area contributed by atoms with Crippen LogP contribution in [0.2, 0.25) is 0 Å². The SMILES string of the molecule is COc1ccc(CO[C@H]2C[C@@H](O)[C@H](N3CCOCC3)[C@H]2CC/C=C\CCC(=O)O)cc1. The lowest BCUT2D eigenvalue weighted by Crippen LogP contribution is -2.50. The average molecular weight is 434 g/mol. The van der Waals surface area contributed by atoms with Gasteiger partial charge >= 0.3 is 5.97 Å². The fourth-order valence-electron chi connectivity index (χ4n) is 4.65. The van der Waals surface area contributed by atoms with Gasteiger partial charge in [0.1, 0.15) is 5.75 Å². The predicted molar refractivity (Wildman–Crippen MR) is 117 cm³/mol. The number of aliphatic hydroxyl groups is 1. The third-order valence-corrected chi connectivity index (χ3v) is 6.23. The van der Waals surface area contributed by atoms with Crippen molar-refractivity contribution < 1.29 is 29.2 Å². The van der Waals surface area contributed by atoms with Crippen molar-refractivity contribution in [2.45, 2.75) is 57.0 Å². The molecule has 1 aromatic carbocycles. The summed E-state index contributed by atoms with van der Waals surface area (Å²) in [4.78, 5) is 13.0. The third-order valence-electron chi connectivity index (χ3n) is 6.23. The molecule has 0 aromatic heterocycles. The Morgan fingerprint density at radius 1 is 1.19 bits per heavy atom. The minimum Gasteiger partial charge on any atom is -0.497 e. The van der Waals surface area contributed by atoms with Crippen LogP contribution in [0.15, 0.2) is 36.4 Å². The van der Waals surface area contributed by atoms with Crippen LogP contribution in [0.25, 0.3) is 0 Å². The highest BCUT2D eigenvalue weighted by molar-refractivity contribution is 5.66. The monoisotopic (exact) mass is 433 g/mol. The smallest absolute Gasteiger partial charge is 0.303 e. The first-order valence-electron chi connectivity index (χ1n) is 11.2. The van der Waals surface area contributed by atoms with Gasteiger partial charge in [-0.2, -0.15) is 0 Å². The Balaban J connectivity index is 1.61. The number of aliphatic carboxylic acids is 1. The van der Waals surface area contributed by atoms with E-state index >= 15 is 0 Å². The largest absolute Gasteiger partial charge is 0.497 e. The average Bonchev–Trinajstić information content (AvgIpc) is 3.10. The molecule has 172 valence electrons. The highest BCUT2D eigenvalue weighted by Gasteiger charge is 2.45. The Morgan fingerprint density at radius 3 is 2.58 bits per heavy atom. The van der Waals surface area contributed by atoms with Crippen LogP contribution >= 0.6 is 0 Å². The number of methoxy groups -OCH3 is 1. The van der Waals surface area contributed by atoms with Gasteiger partial charge in [-0.15, -0.1) is 0 Å². The molecule has 1 aromatic rings. The molecule has 2 aliphatic rings. The quantitative estimate of drug-likeness (QED) is 0.519. The topological polar surface area (TPSA) is 88.5 Å². The lowest BCUT2D eigenvalue weighted by Gasteiger charge is -2.38. The molecule has 1 saturated carbocycles. The molecule has 0 unspecified atom stereocenters. The second kappa shape index (κ2) is 12.2. The first-order valence-corrected chi connectivity index (χ1v) is 11.2. The molecule has 2 N–H and O–H groups in total. The first-order chi connectivity index (χ1) is 15.1. The maximum absolute atomic E-state index is 10.9. The lowest BCUT2D eigenvalue weighted by atomic mass is 9.93. The second-order valence-corrected chi connectivity index (χ2v) is 8.28. The number of benzene rings is 1. The molecule has 0 amide bonds. The van der Waals surface area contributed by atoms with Crippen LogP contribution in [0, 0.1) is 5.92 Å². The molecule has 2 fully saturated rings. The molecule has 0 bridgehead atoms. The van der Waals surface area contributed by atoms with Gasteiger partial charge in [0.15, 0.2) is 0 Å². The lowest BCUT2D eigenvalue weighted by molar-refractivity contribution is -0.136. The maximum Gasteiger partial charge on any atom is 0.303 e. The highest BCUT2D eigenvalue weighted by atomic mass is 16.5. The summed E-state index contributed by atoms with van der Waals surface area (Å²) in [6.07, 6.45) is 6.65. The molecule has 7 nitrogen and oxygen atoms in total. The van der Waals surface area contributed by atoms with E-state index in [4.69, 9.17) is 19.3 Å². The van der Waals surface area contributed by atoms with E-state index in [9.17, 15) is 9.90 Å². The number of hydrogen-bond acceptors (Lipinski definition) is 6. The van der Waals surface area contributed by atoms with Gasteiger partial charge in [0.05, 0.1) is 39.1 Å². The van der Waals surface area contributed by atoms with Crippen molar-refractivity contribution in [3.05, 3.63) is 42.0 Å². The first kappa shape index (κ1) is 23.7. The van der Waals surface area contributed by atoms with E-state index in [1.807, 2.05) is 30.3 Å². The van der Waals surface area contributed by atoms with Gasteiger partial charge in [-0.05, 0) is 37.0 Å². The third kappa shape index (κ3) is 7.04. The highest BCUT2D eigenvalue weighted by Crippen LogP contribution is 2.37. The van der Waals surface area contributed by atoms with E-state index in [0.717, 1.165) is 37.2 Å². The zero-order chi connectivity index (χ0) is 22.1. The summed E-state index contributed by atoms with van der Waals surface area (Å²) >= 11 is 0. The fraction of sp³-hybridized carbons (Fsp3) is 0.625. The maximum atomic E-state index is 10.9. The second-order valence-electron chi connectivity index (χ2n) is 8.28. The fourth-order valence-corrected chi connectivity index (χ4v) is 4.65. The Kier molecular flexibility index (Phi) is 9.33. The summed E-state index contributed by atoms with van der Waals surface area (Å²) in [5.74, 6) is 0.262. The Labute approximate surface area is 184 Å². The van der Waals surface area contributed by atoms with Gasteiger partial charge in [0, 0.05) is 37.9 Å². The van der Waals surface area contributed by atoms with Crippen molar-refractivity contribution in [2.75, 3.05) is 33.4 Å². The zero-order valence-corrected chi connectivity index (χ0v) is 18.3. The van der Waals surface area contributed by atoms with Gasteiger partial charge in [0.25, 0.3) is 0 Å². The molecule has 1 aliphatic heterocycles. The van der Waals surface area contributed by atoms with Gasteiger partial charge in [-0.1, -0.05) is 24.3 Å². The van der Waals surface area contributed by atoms with Crippen LogP contribution in [-0.2, 0) is 20.9 Å². The predicted octanol–water partition coefficient (Wildman–Crippen LogP) is 2.86. The molecule has 0 spiro atoms. The minimum absolute atomic E-state index is 0.0163. The van der Waals surface area contributed by atoms with Crippen LogP contribution in [-0.4, -0.2) is 72.7 Å². The van der Waals surface area contributed by atoms with Crippen LogP contribution in [0.3, 0.4) is 0 Å². The number of morpholine rings is 1. The summed E-state index contributed by atoms with van der Waals surface area (Å²) in [5.41, 5.74) is 1.08. The Morgan fingerprint density at radius 2 is 1.90 bits per heavy atom. The normalized spacial score (nSPS) is 27.0. The van der Waals surface area contributed by atoms with Gasteiger partial charge in [-0.3, -0.25) is 9.69 Å². The van der Waals surface area contributed by atoms with Crippen molar-refractivity contribution in [3.8, 4) is 5.75 Å². The number of rotatable bonds is 11. The van der Waals surface area contributed by atoms with Crippen molar-refractivity contribution in [1.82, 2.24) is 4.90 Å². The summed E-state index contributed by atoms with van der Waals surface area (Å²) < 4.78 is 17.0. The summed E-state index contributed by atoms with van der Waals surface area (Å²) in [5, 5.41) is 19.7. The van der Waals surface area contributed by atoms with E-state index in [1.54, 1.807) is 7.11 Å². The molecule has 1 aliphatic carbocycles. The minimum atomic E-state index is -0.775. The van der Waals surface area contributed by atoms with Gasteiger partial charge in [0.2, 0.25) is 0 Å². The number of aliphatic hydroxyl groups excluding tert-OH is 1. The van der Waals surface area contributed by atoms with Crippen LogP contribution in [0.4, 0.5) is 0 Å². The van der Waals surface area contributed by atoms with Crippen molar-refractivity contribution in [3.63, 3.8) is 0 Å². The molecule has 0 radical (unpaired) electrons. The zero-order valence-electron chi connectivity index (χ0n) is 18.3. The summed E-state index contributed by atoms with van der Waals surface area (Å²) in [7, 11) is 1.65. The van der Waals surface area contributed by atoms with Crippen LogP contribution < -0.4 is 4.74 Å². The van der Waals surface area contributed by atoms with E-state index in [0.29, 0.717) is 32.7 Å². The van der Waals surface area contributed by atoms with Crippen molar-refractivity contribution in [2.24, 2.45) is 5.92 Å². The van der Waals surface area contributed by atoms with E-state index < -0.39 is 12.1 Å². The molecule has 4 atom stereocenters. The molecule has 1 heterocycles. The summed E-state index contributed by atoms with van der Waals surface area (Å²) in [6, 6.07) is 7.93. The van der Waals surface area contributed by atoms with E-state index in [-0.39, 0.29) is 24.5 Å². The van der Waals surface area contributed by atoms with E-state index in [1.165, 1.54) is 0 Å². The molecule has 3 rings (SSSR count). The number of carboxylic acid groups (broad SMARTS) is 1. The van der Waals surface area contributed by atoms with Crippen molar-refractivity contribution in [1.29, 1.82) is 0 Å².